The monoisotopic (exact) mass is 285 g/mol. The summed E-state index contributed by atoms with van der Waals surface area (Å²) in [6.07, 6.45) is 0.516. The lowest BCUT2D eigenvalue weighted by Gasteiger charge is -2.28. The number of hydrogen-bond acceptors (Lipinski definition) is 3. The van der Waals surface area contributed by atoms with Gasteiger partial charge in [-0.15, -0.1) is 0 Å². The summed E-state index contributed by atoms with van der Waals surface area (Å²) >= 11 is 0. The first-order valence-corrected chi connectivity index (χ1v) is 6.79. The van der Waals surface area contributed by atoms with Crippen LogP contribution in [0.15, 0.2) is 47.6 Å². The zero-order chi connectivity index (χ0) is 15.5. The molecule has 1 unspecified atom stereocenters. The van der Waals surface area contributed by atoms with E-state index >= 15 is 0 Å². The van der Waals surface area contributed by atoms with E-state index in [1.807, 2.05) is 43.3 Å². The van der Waals surface area contributed by atoms with Crippen LogP contribution in [0.25, 0.3) is 10.8 Å². The molecule has 0 radical (unpaired) electrons. The third-order valence-electron chi connectivity index (χ3n) is 3.78. The average molecular weight is 285 g/mol. The van der Waals surface area contributed by atoms with Crippen molar-refractivity contribution in [3.8, 4) is 0 Å². The highest BCUT2D eigenvalue weighted by molar-refractivity contribution is 6.02. The van der Waals surface area contributed by atoms with E-state index in [-0.39, 0.29) is 11.7 Å². The first-order chi connectivity index (χ1) is 10.00. The molecule has 4 N–H and O–H groups in total. The molecule has 0 bridgehead atoms. The second-order valence-corrected chi connectivity index (χ2v) is 5.19. The Morgan fingerprint density at radius 2 is 1.95 bits per heavy atom. The Kier molecular flexibility index (Phi) is 4.12. The van der Waals surface area contributed by atoms with Gasteiger partial charge >= 0.3 is 0 Å². The molecule has 0 aromatic heterocycles. The molecule has 21 heavy (non-hydrogen) atoms. The molecule has 2 aromatic carbocycles. The van der Waals surface area contributed by atoms with E-state index in [2.05, 4.69) is 10.5 Å². The molecule has 0 spiro atoms. The van der Waals surface area contributed by atoms with Crippen LogP contribution >= 0.6 is 0 Å². The van der Waals surface area contributed by atoms with Gasteiger partial charge in [0.05, 0.1) is 5.54 Å². The molecule has 0 aliphatic heterocycles. The van der Waals surface area contributed by atoms with Gasteiger partial charge in [-0.3, -0.25) is 4.79 Å². The van der Waals surface area contributed by atoms with E-state index in [4.69, 9.17) is 10.9 Å². The quantitative estimate of drug-likeness (QED) is 0.349. The third-order valence-corrected chi connectivity index (χ3v) is 3.78. The van der Waals surface area contributed by atoms with E-state index < -0.39 is 5.54 Å². The van der Waals surface area contributed by atoms with E-state index in [9.17, 15) is 4.79 Å². The number of oxime groups is 1. The summed E-state index contributed by atoms with van der Waals surface area (Å²) in [6.45, 7) is 3.58. The average Bonchev–Trinajstić information content (AvgIpc) is 2.53. The van der Waals surface area contributed by atoms with Crippen LogP contribution in [-0.2, 0) is 0 Å². The van der Waals surface area contributed by atoms with Gasteiger partial charge in [-0.1, -0.05) is 42.4 Å². The number of amides is 1. The van der Waals surface area contributed by atoms with Crippen LogP contribution in [0.5, 0.6) is 0 Å². The maximum Gasteiger partial charge on any atom is 0.252 e. The van der Waals surface area contributed by atoms with Gasteiger partial charge in [0.25, 0.3) is 5.91 Å². The summed E-state index contributed by atoms with van der Waals surface area (Å²) in [7, 11) is 0. The molecule has 0 saturated heterocycles. The minimum Gasteiger partial charge on any atom is -0.409 e. The summed E-state index contributed by atoms with van der Waals surface area (Å²) in [5.41, 5.74) is 5.33. The number of nitrogens with two attached hydrogens (primary N) is 1. The molecular weight excluding hydrogens is 266 g/mol. The topological polar surface area (TPSA) is 87.7 Å². The molecule has 0 aliphatic carbocycles. The maximum absolute atomic E-state index is 12.4. The predicted molar refractivity (Wildman–Crippen MR) is 83.5 cm³/mol. The normalized spacial score (nSPS) is 14.7. The Morgan fingerprint density at radius 1 is 1.29 bits per heavy atom. The number of amidine groups is 1. The van der Waals surface area contributed by atoms with Crippen molar-refractivity contribution in [1.82, 2.24) is 5.32 Å². The lowest BCUT2D eigenvalue weighted by Crippen LogP contribution is -2.55. The van der Waals surface area contributed by atoms with E-state index in [0.717, 1.165) is 10.8 Å². The molecule has 110 valence electrons. The highest BCUT2D eigenvalue weighted by Crippen LogP contribution is 2.17. The summed E-state index contributed by atoms with van der Waals surface area (Å²) in [4.78, 5) is 12.4. The van der Waals surface area contributed by atoms with E-state index in [1.54, 1.807) is 13.0 Å². The molecule has 0 fully saturated rings. The van der Waals surface area contributed by atoms with Gasteiger partial charge in [0, 0.05) is 5.56 Å². The highest BCUT2D eigenvalue weighted by Gasteiger charge is 2.29. The van der Waals surface area contributed by atoms with Gasteiger partial charge in [0.1, 0.15) is 0 Å². The van der Waals surface area contributed by atoms with Crippen molar-refractivity contribution >= 4 is 22.5 Å². The van der Waals surface area contributed by atoms with Crippen LogP contribution in [0.2, 0.25) is 0 Å². The van der Waals surface area contributed by atoms with Crippen LogP contribution in [0.4, 0.5) is 0 Å². The number of nitrogens with one attached hydrogen (secondary N) is 1. The first-order valence-electron chi connectivity index (χ1n) is 6.79. The van der Waals surface area contributed by atoms with Gasteiger partial charge in [0.2, 0.25) is 0 Å². The fraction of sp³-hybridized carbons (Fsp3) is 0.250. The second-order valence-electron chi connectivity index (χ2n) is 5.19. The third kappa shape index (κ3) is 2.97. The van der Waals surface area contributed by atoms with Gasteiger partial charge in [0.15, 0.2) is 5.84 Å². The Balaban J connectivity index is 2.30. The van der Waals surface area contributed by atoms with Gasteiger partial charge in [-0.05, 0) is 36.2 Å². The van der Waals surface area contributed by atoms with E-state index in [1.165, 1.54) is 0 Å². The van der Waals surface area contributed by atoms with Gasteiger partial charge in [-0.25, -0.2) is 0 Å². The molecule has 2 rings (SSSR count). The predicted octanol–water partition coefficient (Wildman–Crippen LogP) is 2.48. The van der Waals surface area contributed by atoms with Crippen LogP contribution in [0.1, 0.15) is 30.6 Å². The molecule has 1 atom stereocenters. The van der Waals surface area contributed by atoms with Crippen molar-refractivity contribution in [1.29, 1.82) is 0 Å². The Bertz CT molecular complexity index is 697. The van der Waals surface area contributed by atoms with Crippen molar-refractivity contribution in [2.24, 2.45) is 10.9 Å². The lowest BCUT2D eigenvalue weighted by atomic mass is 9.96. The van der Waals surface area contributed by atoms with Gasteiger partial charge < -0.3 is 16.3 Å². The standard InChI is InChI=1S/C16H19N3O2/c1-3-16(2,15(17)19-21)18-14(20)13-9-8-11-6-4-5-7-12(11)10-13/h4-10,21H,3H2,1-2H3,(H2,17,19)(H,18,20). The summed E-state index contributed by atoms with van der Waals surface area (Å²) in [5, 5.41) is 16.7. The van der Waals surface area contributed by atoms with Crippen molar-refractivity contribution in [3.05, 3.63) is 48.0 Å². The Hall–Kier alpha value is -2.56. The number of benzene rings is 2. The zero-order valence-corrected chi connectivity index (χ0v) is 12.1. The molecule has 0 heterocycles. The van der Waals surface area contributed by atoms with Crippen LogP contribution < -0.4 is 11.1 Å². The maximum atomic E-state index is 12.4. The van der Waals surface area contributed by atoms with Crippen LogP contribution in [-0.4, -0.2) is 22.5 Å². The first kappa shape index (κ1) is 14.8. The number of hydrogen-bond donors (Lipinski definition) is 3. The van der Waals surface area contributed by atoms with Crippen molar-refractivity contribution in [2.75, 3.05) is 0 Å². The highest BCUT2D eigenvalue weighted by atomic mass is 16.4. The second kappa shape index (κ2) is 5.83. The summed E-state index contributed by atoms with van der Waals surface area (Å²) in [6, 6.07) is 13.3. The summed E-state index contributed by atoms with van der Waals surface area (Å²) in [5.74, 6) is -0.268. The smallest absolute Gasteiger partial charge is 0.252 e. The van der Waals surface area contributed by atoms with E-state index in [0.29, 0.717) is 12.0 Å². The lowest BCUT2D eigenvalue weighted by molar-refractivity contribution is 0.0925. The molecular formula is C16H19N3O2. The number of carbonyl (C=O) groups is 1. The van der Waals surface area contributed by atoms with Crippen molar-refractivity contribution in [2.45, 2.75) is 25.8 Å². The SMILES string of the molecule is CCC(C)(NC(=O)c1ccc2ccccc2c1)/C(N)=N/O. The molecule has 1 amide bonds. The Labute approximate surface area is 123 Å². The molecule has 0 saturated carbocycles. The molecule has 5 heteroatoms. The number of fused-ring (bicyclic) bond motifs is 1. The van der Waals surface area contributed by atoms with Crippen LogP contribution in [0.3, 0.4) is 0 Å². The number of rotatable bonds is 4. The molecule has 5 nitrogen and oxygen atoms in total. The van der Waals surface area contributed by atoms with Gasteiger partial charge in [-0.2, -0.15) is 0 Å². The van der Waals surface area contributed by atoms with Crippen molar-refractivity contribution in [3.63, 3.8) is 0 Å². The fourth-order valence-corrected chi connectivity index (χ4v) is 2.10. The molecule has 2 aromatic rings. The molecule has 0 aliphatic rings. The fourth-order valence-electron chi connectivity index (χ4n) is 2.10. The minimum atomic E-state index is -0.878. The number of carbonyl (C=O) groups excluding carboxylic acids is 1. The summed E-state index contributed by atoms with van der Waals surface area (Å²) < 4.78 is 0. The zero-order valence-electron chi connectivity index (χ0n) is 12.1. The Morgan fingerprint density at radius 3 is 2.57 bits per heavy atom. The largest absolute Gasteiger partial charge is 0.409 e. The van der Waals surface area contributed by atoms with Crippen LogP contribution in [0, 0.1) is 0 Å². The minimum absolute atomic E-state index is 0.0147. The number of nitrogens with zero attached hydrogens (tertiary/aromatic N) is 1. The van der Waals surface area contributed by atoms with Crippen molar-refractivity contribution < 1.29 is 10.0 Å².